The Morgan fingerprint density at radius 3 is 2.54 bits per heavy atom. The van der Waals surface area contributed by atoms with Gasteiger partial charge in [0.15, 0.2) is 4.80 Å². The van der Waals surface area contributed by atoms with Crippen LogP contribution in [0.4, 0.5) is 0 Å². The minimum absolute atomic E-state index is 0.178. The van der Waals surface area contributed by atoms with Gasteiger partial charge in [-0.15, -0.1) is 0 Å². The molecule has 2 heterocycles. The van der Waals surface area contributed by atoms with Crippen LogP contribution in [0.2, 0.25) is 5.02 Å². The van der Waals surface area contributed by atoms with E-state index in [0.29, 0.717) is 37.1 Å². The number of hydrogen-bond acceptors (Lipinski definition) is 7. The van der Waals surface area contributed by atoms with Crippen LogP contribution >= 0.6 is 22.9 Å². The van der Waals surface area contributed by atoms with Gasteiger partial charge in [0.05, 0.1) is 47.7 Å². The van der Waals surface area contributed by atoms with Gasteiger partial charge in [0.2, 0.25) is 0 Å². The van der Waals surface area contributed by atoms with Crippen LogP contribution in [0.1, 0.15) is 29.7 Å². The number of aromatic nitrogens is 1. The number of rotatable bonds is 7. The van der Waals surface area contributed by atoms with Crippen LogP contribution in [0.15, 0.2) is 88.2 Å². The van der Waals surface area contributed by atoms with E-state index in [9.17, 15) is 9.59 Å². The smallest absolute Gasteiger partial charge is 0.338 e. The molecule has 3 aromatic carbocycles. The quantitative estimate of drug-likeness (QED) is 0.309. The maximum Gasteiger partial charge on any atom is 0.338 e. The molecular formula is C30H25ClN2O5S. The Bertz CT molecular complexity index is 1760. The van der Waals surface area contributed by atoms with Gasteiger partial charge in [-0.25, -0.2) is 9.79 Å². The average Bonchev–Trinajstić information content (AvgIpc) is 3.27. The lowest BCUT2D eigenvalue weighted by Gasteiger charge is -2.26. The molecule has 1 aromatic heterocycles. The SMILES string of the molecule is CCOC(=O)C1=C(c2ccccc2)N=c2s/c(=C/c3ccc(OC)c(Cl)c3)c(=O)n2[C@@H]1c1cccc(OC)c1. The number of carbonyl (C=O) groups excluding carboxylic acids is 1. The molecule has 0 saturated carbocycles. The van der Waals surface area contributed by atoms with Crippen LogP contribution in [0, 0.1) is 0 Å². The second-order valence-corrected chi connectivity index (χ2v) is 10.0. The number of thiazole rings is 1. The molecule has 198 valence electrons. The largest absolute Gasteiger partial charge is 0.497 e. The summed E-state index contributed by atoms with van der Waals surface area (Å²) in [4.78, 5) is 32.8. The van der Waals surface area contributed by atoms with E-state index in [1.54, 1.807) is 43.9 Å². The number of carbonyl (C=O) groups is 1. The van der Waals surface area contributed by atoms with E-state index in [1.165, 1.54) is 11.3 Å². The number of methoxy groups -OCH3 is 2. The fourth-order valence-electron chi connectivity index (χ4n) is 4.49. The Hall–Kier alpha value is -4.14. The number of esters is 1. The minimum atomic E-state index is -0.785. The molecular weight excluding hydrogens is 536 g/mol. The fourth-order valence-corrected chi connectivity index (χ4v) is 5.76. The van der Waals surface area contributed by atoms with Crippen molar-refractivity contribution in [2.75, 3.05) is 20.8 Å². The van der Waals surface area contributed by atoms with Crippen LogP contribution in [0.25, 0.3) is 11.8 Å². The molecule has 0 amide bonds. The van der Waals surface area contributed by atoms with Gasteiger partial charge in [-0.1, -0.05) is 71.5 Å². The van der Waals surface area contributed by atoms with Crippen LogP contribution in [0.5, 0.6) is 11.5 Å². The summed E-state index contributed by atoms with van der Waals surface area (Å²) in [5, 5.41) is 0.434. The standard InChI is InChI=1S/C30H25ClN2O5S/c1-4-38-29(35)25-26(19-9-6-5-7-10-19)32-30-33(27(25)20-11-8-12-21(17-20)36-2)28(34)24(39-30)16-18-13-14-23(37-3)22(31)15-18/h5-17,27H,4H2,1-3H3/b24-16+/t27-/m1/s1. The van der Waals surface area contributed by atoms with Gasteiger partial charge in [-0.2, -0.15) is 0 Å². The second-order valence-electron chi connectivity index (χ2n) is 8.60. The molecule has 1 aliphatic rings. The van der Waals surface area contributed by atoms with Gasteiger partial charge in [0.25, 0.3) is 5.56 Å². The van der Waals surface area contributed by atoms with Crippen molar-refractivity contribution in [3.63, 3.8) is 0 Å². The fraction of sp³-hybridized carbons (Fsp3) is 0.167. The molecule has 9 heteroatoms. The first-order chi connectivity index (χ1) is 18.9. The molecule has 0 spiro atoms. The normalized spacial score (nSPS) is 15.0. The summed E-state index contributed by atoms with van der Waals surface area (Å²) in [5.74, 6) is 0.605. The zero-order chi connectivity index (χ0) is 27.5. The van der Waals surface area contributed by atoms with E-state index in [4.69, 9.17) is 30.8 Å². The van der Waals surface area contributed by atoms with Crippen LogP contribution in [-0.4, -0.2) is 31.4 Å². The molecule has 1 aliphatic heterocycles. The van der Waals surface area contributed by atoms with E-state index in [2.05, 4.69) is 0 Å². The Kier molecular flexibility index (Phi) is 7.67. The average molecular weight is 561 g/mol. The molecule has 4 aromatic rings. The summed E-state index contributed by atoms with van der Waals surface area (Å²) in [5.41, 5.74) is 2.63. The molecule has 0 radical (unpaired) electrons. The van der Waals surface area contributed by atoms with Gasteiger partial charge < -0.3 is 14.2 Å². The molecule has 7 nitrogen and oxygen atoms in total. The number of hydrogen-bond donors (Lipinski definition) is 0. The number of fused-ring (bicyclic) bond motifs is 1. The van der Waals surface area contributed by atoms with Gasteiger partial charge >= 0.3 is 5.97 Å². The van der Waals surface area contributed by atoms with Crippen molar-refractivity contribution in [2.24, 2.45) is 4.99 Å². The molecule has 0 bridgehead atoms. The summed E-state index contributed by atoms with van der Waals surface area (Å²) < 4.78 is 18.2. The van der Waals surface area contributed by atoms with E-state index in [1.807, 2.05) is 60.7 Å². The zero-order valence-electron chi connectivity index (χ0n) is 21.5. The van der Waals surface area contributed by atoms with Crippen molar-refractivity contribution in [2.45, 2.75) is 13.0 Å². The lowest BCUT2D eigenvalue weighted by Crippen LogP contribution is -2.40. The van der Waals surface area contributed by atoms with Crippen molar-refractivity contribution in [1.29, 1.82) is 0 Å². The predicted octanol–water partition coefficient (Wildman–Crippen LogP) is 4.61. The van der Waals surface area contributed by atoms with Crippen LogP contribution < -0.4 is 24.4 Å². The van der Waals surface area contributed by atoms with E-state index < -0.39 is 12.0 Å². The van der Waals surface area contributed by atoms with Crippen molar-refractivity contribution in [3.8, 4) is 11.5 Å². The summed E-state index contributed by atoms with van der Waals surface area (Å²) in [7, 11) is 3.12. The Morgan fingerprint density at radius 1 is 1.05 bits per heavy atom. The maximum atomic E-state index is 14.0. The third-order valence-corrected chi connectivity index (χ3v) is 7.54. The monoisotopic (exact) mass is 560 g/mol. The van der Waals surface area contributed by atoms with Crippen molar-refractivity contribution >= 4 is 40.7 Å². The van der Waals surface area contributed by atoms with E-state index >= 15 is 0 Å². The van der Waals surface area contributed by atoms with E-state index in [0.717, 1.165) is 11.1 Å². The molecule has 0 unspecified atom stereocenters. The number of ether oxygens (including phenoxy) is 3. The highest BCUT2D eigenvalue weighted by Crippen LogP contribution is 2.36. The third kappa shape index (κ3) is 5.13. The van der Waals surface area contributed by atoms with Gasteiger partial charge in [-0.3, -0.25) is 9.36 Å². The highest BCUT2D eigenvalue weighted by atomic mass is 35.5. The molecule has 5 rings (SSSR count). The molecule has 1 atom stereocenters. The third-order valence-electron chi connectivity index (χ3n) is 6.26. The summed E-state index contributed by atoms with van der Waals surface area (Å²) in [6.07, 6.45) is 1.76. The van der Waals surface area contributed by atoms with Crippen LogP contribution in [0.3, 0.4) is 0 Å². The number of halogens is 1. The first-order valence-electron chi connectivity index (χ1n) is 12.2. The lowest BCUT2D eigenvalue weighted by molar-refractivity contribution is -0.138. The maximum absolute atomic E-state index is 14.0. The molecule has 0 aliphatic carbocycles. The van der Waals surface area contributed by atoms with Gasteiger partial charge in [0.1, 0.15) is 11.5 Å². The van der Waals surface area contributed by atoms with Crippen molar-refractivity contribution < 1.29 is 19.0 Å². The minimum Gasteiger partial charge on any atom is -0.497 e. The van der Waals surface area contributed by atoms with Crippen molar-refractivity contribution in [1.82, 2.24) is 4.57 Å². The van der Waals surface area contributed by atoms with E-state index in [-0.39, 0.29) is 17.7 Å². The number of nitrogens with zero attached hydrogens (tertiary/aromatic N) is 2. The summed E-state index contributed by atoms with van der Waals surface area (Å²) >= 11 is 7.57. The van der Waals surface area contributed by atoms with Crippen molar-refractivity contribution in [3.05, 3.63) is 120 Å². The topological polar surface area (TPSA) is 79.1 Å². The van der Waals surface area contributed by atoms with Crippen LogP contribution in [-0.2, 0) is 9.53 Å². The molecule has 39 heavy (non-hydrogen) atoms. The molecule has 0 saturated heterocycles. The Balaban J connectivity index is 1.81. The summed E-state index contributed by atoms with van der Waals surface area (Å²) in [6, 6.07) is 21.3. The number of benzene rings is 3. The first-order valence-corrected chi connectivity index (χ1v) is 13.4. The molecule has 0 N–H and O–H groups in total. The Labute approximate surface area is 233 Å². The lowest BCUT2D eigenvalue weighted by atomic mass is 9.93. The highest BCUT2D eigenvalue weighted by Gasteiger charge is 2.35. The first kappa shape index (κ1) is 26.5. The zero-order valence-corrected chi connectivity index (χ0v) is 23.1. The predicted molar refractivity (Wildman–Crippen MR) is 152 cm³/mol. The Morgan fingerprint density at radius 2 is 1.85 bits per heavy atom. The van der Waals surface area contributed by atoms with Gasteiger partial charge in [0, 0.05) is 5.56 Å². The summed E-state index contributed by atoms with van der Waals surface area (Å²) in [6.45, 7) is 1.92. The highest BCUT2D eigenvalue weighted by molar-refractivity contribution is 7.07. The second kappa shape index (κ2) is 11.3. The van der Waals surface area contributed by atoms with Gasteiger partial charge in [-0.05, 0) is 48.4 Å². The molecule has 0 fully saturated rings.